The first-order chi connectivity index (χ1) is 18.6. The second-order valence-corrected chi connectivity index (χ2v) is 12.1. The maximum Gasteiger partial charge on any atom is 0.213 e. The zero-order chi connectivity index (χ0) is 27.8. The number of nitrogens with zero attached hydrogens (tertiary/aromatic N) is 5. The van der Waals surface area contributed by atoms with Crippen molar-refractivity contribution in [2.45, 2.75) is 38.0 Å². The molecule has 1 aromatic carbocycles. The molecule has 0 atom stereocenters. The third-order valence-electron chi connectivity index (χ3n) is 6.65. The number of ether oxygens (including phenoxy) is 3. The Bertz CT molecular complexity index is 1590. The Balaban J connectivity index is 1.64. The third-order valence-corrected chi connectivity index (χ3v) is 8.37. The summed E-state index contributed by atoms with van der Waals surface area (Å²) in [6.07, 6.45) is 0.933. The molecule has 1 N–H and O–H groups in total. The lowest BCUT2D eigenvalue weighted by atomic mass is 9.73. The van der Waals surface area contributed by atoms with Crippen LogP contribution >= 0.6 is 0 Å². The summed E-state index contributed by atoms with van der Waals surface area (Å²) in [5.74, 6) is 1.53. The number of hydrogen-bond donors (Lipinski definition) is 1. The molecule has 39 heavy (non-hydrogen) atoms. The largest absolute Gasteiger partial charge is 0.494 e. The Morgan fingerprint density at radius 1 is 1.05 bits per heavy atom. The van der Waals surface area contributed by atoms with E-state index in [-0.39, 0.29) is 23.1 Å². The van der Waals surface area contributed by atoms with Gasteiger partial charge in [0.1, 0.15) is 22.9 Å². The topological polar surface area (TPSA) is 139 Å². The van der Waals surface area contributed by atoms with Gasteiger partial charge in [0.2, 0.25) is 11.5 Å². The summed E-state index contributed by atoms with van der Waals surface area (Å²) in [5.41, 5.74) is 1.38. The Labute approximate surface area is 226 Å². The van der Waals surface area contributed by atoms with Crippen molar-refractivity contribution in [2.24, 2.45) is 5.92 Å². The summed E-state index contributed by atoms with van der Waals surface area (Å²) >= 11 is 0. The predicted molar refractivity (Wildman–Crippen MR) is 145 cm³/mol. The van der Waals surface area contributed by atoms with Crippen LogP contribution in [0.2, 0.25) is 0 Å². The molecule has 0 amide bonds. The average molecular weight is 554 g/mol. The van der Waals surface area contributed by atoms with Crippen LogP contribution in [0.15, 0.2) is 42.5 Å². The number of fused-ring (bicyclic) bond motifs is 1. The molecule has 0 aliphatic heterocycles. The van der Waals surface area contributed by atoms with Gasteiger partial charge in [0.15, 0.2) is 15.7 Å². The Hall–Kier alpha value is -3.77. The van der Waals surface area contributed by atoms with E-state index >= 15 is 0 Å². The second kappa shape index (κ2) is 10.4. The minimum Gasteiger partial charge on any atom is -0.494 e. The maximum atomic E-state index is 13.0. The molecule has 1 fully saturated rings. The minimum absolute atomic E-state index is 0.0121. The molecule has 1 aliphatic carbocycles. The zero-order valence-corrected chi connectivity index (χ0v) is 23.1. The zero-order valence-electron chi connectivity index (χ0n) is 22.3. The van der Waals surface area contributed by atoms with Gasteiger partial charge in [0, 0.05) is 6.07 Å². The van der Waals surface area contributed by atoms with Crippen molar-refractivity contribution < 1.29 is 27.7 Å². The minimum atomic E-state index is -3.50. The molecule has 0 radical (unpaired) electrons. The molecule has 206 valence electrons. The van der Waals surface area contributed by atoms with Gasteiger partial charge in [-0.15, -0.1) is 5.10 Å². The molecule has 3 aromatic heterocycles. The van der Waals surface area contributed by atoms with Crippen molar-refractivity contribution in [3.8, 4) is 34.6 Å². The van der Waals surface area contributed by atoms with E-state index in [1.807, 2.05) is 19.1 Å². The van der Waals surface area contributed by atoms with Crippen LogP contribution in [0.3, 0.4) is 0 Å². The van der Waals surface area contributed by atoms with Gasteiger partial charge in [0.05, 0.1) is 49.1 Å². The first-order valence-electron chi connectivity index (χ1n) is 12.6. The first-order valence-corrected chi connectivity index (χ1v) is 14.4. The Kier molecular flexibility index (Phi) is 7.17. The lowest BCUT2D eigenvalue weighted by Crippen LogP contribution is -2.43. The fraction of sp³-hybridized carbons (Fsp3) is 0.407. The van der Waals surface area contributed by atoms with E-state index in [4.69, 9.17) is 19.2 Å². The fourth-order valence-corrected chi connectivity index (χ4v) is 6.82. The monoisotopic (exact) mass is 553 g/mol. The number of hydrogen-bond acceptors (Lipinski definition) is 10. The molecule has 5 rings (SSSR count). The van der Waals surface area contributed by atoms with Crippen LogP contribution in [0.25, 0.3) is 28.4 Å². The third kappa shape index (κ3) is 5.52. The summed E-state index contributed by atoms with van der Waals surface area (Å²) in [6, 6.07) is 12.4. The highest BCUT2D eigenvalue weighted by atomic mass is 32.2. The van der Waals surface area contributed by atoms with Crippen LogP contribution in [0.4, 0.5) is 0 Å². The molecule has 12 heteroatoms. The van der Waals surface area contributed by atoms with Gasteiger partial charge in [-0.3, -0.25) is 4.57 Å². The van der Waals surface area contributed by atoms with Crippen LogP contribution in [-0.2, 0) is 15.6 Å². The fourth-order valence-electron chi connectivity index (χ4n) is 5.16. The van der Waals surface area contributed by atoms with E-state index in [1.165, 1.54) is 0 Å². The maximum absolute atomic E-state index is 13.0. The summed E-state index contributed by atoms with van der Waals surface area (Å²) in [6.45, 7) is 4.05. The number of imidazole rings is 1. The van der Waals surface area contributed by atoms with Crippen molar-refractivity contribution in [2.75, 3.05) is 26.6 Å². The summed E-state index contributed by atoms with van der Waals surface area (Å²) in [5, 5.41) is 18.5. The molecule has 0 bridgehead atoms. The summed E-state index contributed by atoms with van der Waals surface area (Å²) in [7, 11) is -0.383. The van der Waals surface area contributed by atoms with Crippen molar-refractivity contribution in [3.05, 3.63) is 48.2 Å². The van der Waals surface area contributed by atoms with Gasteiger partial charge in [-0.25, -0.2) is 18.4 Å². The van der Waals surface area contributed by atoms with E-state index in [9.17, 15) is 13.5 Å². The van der Waals surface area contributed by atoms with Gasteiger partial charge >= 0.3 is 0 Å². The number of pyridine rings is 1. The first kappa shape index (κ1) is 26.8. The average Bonchev–Trinajstić information content (AvgIpc) is 3.25. The quantitative estimate of drug-likeness (QED) is 0.311. The number of aliphatic hydroxyl groups is 1. The van der Waals surface area contributed by atoms with Crippen LogP contribution in [0, 0.1) is 5.92 Å². The molecule has 0 unspecified atom stereocenters. The number of methoxy groups -OCH3 is 2. The molecule has 11 nitrogen and oxygen atoms in total. The van der Waals surface area contributed by atoms with Gasteiger partial charge in [0.25, 0.3) is 0 Å². The molecule has 0 spiro atoms. The van der Waals surface area contributed by atoms with Crippen molar-refractivity contribution in [3.63, 3.8) is 0 Å². The van der Waals surface area contributed by atoms with E-state index in [1.54, 1.807) is 56.0 Å². The molecule has 4 aromatic rings. The number of rotatable bonds is 10. The summed E-state index contributed by atoms with van der Waals surface area (Å²) in [4.78, 5) is 9.33. The van der Waals surface area contributed by atoms with E-state index < -0.39 is 15.4 Å². The normalized spacial score (nSPS) is 19.1. The number of para-hydroxylation sites is 1. The van der Waals surface area contributed by atoms with Gasteiger partial charge in [-0.1, -0.05) is 12.1 Å². The van der Waals surface area contributed by atoms with Gasteiger partial charge in [-0.05, 0) is 56.9 Å². The van der Waals surface area contributed by atoms with Crippen LogP contribution in [-0.4, -0.2) is 70.4 Å². The lowest BCUT2D eigenvalue weighted by molar-refractivity contribution is -0.0494. The molecular weight excluding hydrogens is 522 g/mol. The van der Waals surface area contributed by atoms with Crippen molar-refractivity contribution >= 4 is 21.0 Å². The second-order valence-electron chi connectivity index (χ2n) is 9.95. The standard InChI is InChI=1S/C27H31N5O6S/c1-5-38-23-11-6-8-19(28-23)26-29-25-20(32(26)24-21(36-3)9-7-10-22(24)37-4)12-18(30-31-25)16-39(34,35)15-17-13-27(2,33)14-17/h6-12,17,33H,5,13-16H2,1-4H3. The highest BCUT2D eigenvalue weighted by molar-refractivity contribution is 7.90. The van der Waals surface area contributed by atoms with Crippen LogP contribution in [0.1, 0.15) is 32.4 Å². The molecule has 1 aliphatic rings. The number of benzene rings is 1. The molecule has 1 saturated carbocycles. The van der Waals surface area contributed by atoms with Gasteiger partial charge in [-0.2, -0.15) is 5.10 Å². The van der Waals surface area contributed by atoms with Crippen LogP contribution < -0.4 is 14.2 Å². The predicted octanol–water partition coefficient (Wildman–Crippen LogP) is 3.37. The molecule has 3 heterocycles. The van der Waals surface area contributed by atoms with Gasteiger partial charge < -0.3 is 19.3 Å². The summed E-state index contributed by atoms with van der Waals surface area (Å²) < 4.78 is 44.7. The smallest absolute Gasteiger partial charge is 0.213 e. The van der Waals surface area contributed by atoms with Crippen LogP contribution in [0.5, 0.6) is 17.4 Å². The highest BCUT2D eigenvalue weighted by Gasteiger charge is 2.40. The highest BCUT2D eigenvalue weighted by Crippen LogP contribution is 2.39. The SMILES string of the molecule is CCOc1cccc(-c2nc3nnc(CS(=O)(=O)CC4CC(C)(O)C4)cc3n2-c2c(OC)cccc2OC)n1. The number of aromatic nitrogens is 5. The van der Waals surface area contributed by atoms with Crippen molar-refractivity contribution in [1.82, 2.24) is 24.7 Å². The van der Waals surface area contributed by atoms with Crippen molar-refractivity contribution in [1.29, 1.82) is 0 Å². The number of sulfone groups is 1. The molecule has 0 saturated heterocycles. The van der Waals surface area contributed by atoms with E-state index in [0.29, 0.717) is 65.2 Å². The lowest BCUT2D eigenvalue weighted by Gasteiger charge is -2.40. The molecular formula is C27H31N5O6S. The van der Waals surface area contributed by atoms with E-state index in [0.717, 1.165) is 0 Å². The Morgan fingerprint density at radius 2 is 1.74 bits per heavy atom. The van der Waals surface area contributed by atoms with E-state index in [2.05, 4.69) is 15.2 Å². The Morgan fingerprint density at radius 3 is 2.38 bits per heavy atom.